The summed E-state index contributed by atoms with van der Waals surface area (Å²) in [5.41, 5.74) is -0.635. The van der Waals surface area contributed by atoms with Gasteiger partial charge in [0.05, 0.1) is 0 Å². The minimum absolute atomic E-state index is 0.00239. The maximum atomic E-state index is 13.1. The molecule has 0 rings (SSSR count). The molecule has 0 aliphatic rings. The van der Waals surface area contributed by atoms with E-state index in [2.05, 4.69) is 57.9 Å². The minimum Gasteiger partial charge on any atom is -0.349 e. The van der Waals surface area contributed by atoms with Crippen molar-refractivity contribution in [2.75, 3.05) is 5.75 Å². The molecule has 0 saturated carbocycles. The van der Waals surface area contributed by atoms with Gasteiger partial charge < -0.3 is 10.6 Å². The molecule has 29 heavy (non-hydrogen) atoms. The molecule has 0 heterocycles. The van der Waals surface area contributed by atoms with E-state index in [1.807, 2.05) is 6.92 Å². The Labute approximate surface area is 186 Å². The van der Waals surface area contributed by atoms with Crippen LogP contribution in [0, 0.1) is 5.41 Å². The number of carbonyl (C=O) groups excluding carboxylic acids is 2. The number of hydrogen-bond acceptors (Lipinski definition) is 3. The van der Waals surface area contributed by atoms with E-state index < -0.39 is 11.5 Å². The number of unbranched alkanes of at least 4 members (excludes halogenated alkanes) is 4. The molecule has 0 aromatic rings. The van der Waals surface area contributed by atoms with Gasteiger partial charge in [-0.15, -0.1) is 0 Å². The third-order valence-electron chi connectivity index (χ3n) is 6.11. The van der Waals surface area contributed by atoms with Gasteiger partial charge in [0.25, 0.3) is 0 Å². The van der Waals surface area contributed by atoms with Gasteiger partial charge in [0.15, 0.2) is 0 Å². The quantitative estimate of drug-likeness (QED) is 0.247. The van der Waals surface area contributed by atoms with Crippen LogP contribution in [0.25, 0.3) is 0 Å². The van der Waals surface area contributed by atoms with E-state index in [-0.39, 0.29) is 17.4 Å². The summed E-state index contributed by atoms with van der Waals surface area (Å²) < 4.78 is 0. The molecule has 0 saturated heterocycles. The van der Waals surface area contributed by atoms with Crippen LogP contribution in [-0.4, -0.2) is 29.1 Å². The Hall–Kier alpha value is -0.710. The second kappa shape index (κ2) is 15.1. The molecule has 0 bridgehead atoms. The molecular formula is C24H48N2O2S. The molecule has 0 aliphatic carbocycles. The molecule has 4 nitrogen and oxygen atoms in total. The second-order valence-electron chi connectivity index (χ2n) is 9.23. The van der Waals surface area contributed by atoms with E-state index in [4.69, 9.17) is 0 Å². The highest BCUT2D eigenvalue weighted by molar-refractivity contribution is 7.80. The van der Waals surface area contributed by atoms with Gasteiger partial charge >= 0.3 is 0 Å². The number of hydrogen-bond donors (Lipinski definition) is 3. The fourth-order valence-electron chi connectivity index (χ4n) is 3.78. The van der Waals surface area contributed by atoms with Crippen molar-refractivity contribution in [1.29, 1.82) is 0 Å². The predicted molar refractivity (Wildman–Crippen MR) is 129 cm³/mol. The molecule has 1 unspecified atom stereocenters. The molecule has 0 aromatic heterocycles. The lowest BCUT2D eigenvalue weighted by Crippen LogP contribution is -2.56. The average Bonchev–Trinajstić information content (AvgIpc) is 2.71. The van der Waals surface area contributed by atoms with Crippen LogP contribution in [0.4, 0.5) is 0 Å². The number of carbonyl (C=O) groups is 2. The van der Waals surface area contributed by atoms with Crippen molar-refractivity contribution in [1.82, 2.24) is 10.6 Å². The molecule has 5 heteroatoms. The van der Waals surface area contributed by atoms with Gasteiger partial charge in [-0.2, -0.15) is 12.6 Å². The van der Waals surface area contributed by atoms with Crippen LogP contribution in [0.3, 0.4) is 0 Å². The summed E-state index contributed by atoms with van der Waals surface area (Å²) >= 11 is 4.38. The third kappa shape index (κ3) is 10.8. The number of thiol groups is 1. The number of nitrogens with one attached hydrogen (secondary N) is 2. The summed E-state index contributed by atoms with van der Waals surface area (Å²) in [4.78, 5) is 26.2. The first-order valence-corrected chi connectivity index (χ1v) is 12.6. The topological polar surface area (TPSA) is 58.2 Å². The highest BCUT2D eigenvalue weighted by atomic mass is 32.1. The van der Waals surface area contributed by atoms with Gasteiger partial charge in [0.1, 0.15) is 6.04 Å². The van der Waals surface area contributed by atoms with Crippen molar-refractivity contribution in [2.24, 2.45) is 5.41 Å². The van der Waals surface area contributed by atoms with Gasteiger partial charge in [0.2, 0.25) is 11.8 Å². The van der Waals surface area contributed by atoms with Gasteiger partial charge in [-0.1, -0.05) is 86.0 Å². The lowest BCUT2D eigenvalue weighted by atomic mass is 9.79. The zero-order valence-electron chi connectivity index (χ0n) is 20.0. The third-order valence-corrected chi connectivity index (χ3v) is 6.47. The predicted octanol–water partition coefficient (Wildman–Crippen LogP) is 6.04. The molecule has 0 aromatic carbocycles. The molecule has 0 spiro atoms. The highest BCUT2D eigenvalue weighted by Gasteiger charge is 2.35. The first-order valence-electron chi connectivity index (χ1n) is 12.0. The molecule has 0 radical (unpaired) electrons. The lowest BCUT2D eigenvalue weighted by Gasteiger charge is -2.34. The summed E-state index contributed by atoms with van der Waals surface area (Å²) in [7, 11) is 0. The first kappa shape index (κ1) is 28.3. The summed E-state index contributed by atoms with van der Waals surface area (Å²) in [5, 5.41) is 6.29. The van der Waals surface area contributed by atoms with Crippen LogP contribution in [-0.2, 0) is 9.59 Å². The second-order valence-corrected chi connectivity index (χ2v) is 9.60. The molecule has 2 N–H and O–H groups in total. The Bertz CT molecular complexity index is 452. The Morgan fingerprint density at radius 3 is 1.59 bits per heavy atom. The minimum atomic E-state index is -0.587. The van der Waals surface area contributed by atoms with Crippen LogP contribution >= 0.6 is 12.6 Å². The van der Waals surface area contributed by atoms with Crippen LogP contribution in [0.5, 0.6) is 0 Å². The molecule has 0 fully saturated rings. The van der Waals surface area contributed by atoms with Crippen molar-refractivity contribution in [3.05, 3.63) is 0 Å². The van der Waals surface area contributed by atoms with Crippen LogP contribution in [0.1, 0.15) is 119 Å². The van der Waals surface area contributed by atoms with Crippen molar-refractivity contribution in [2.45, 2.75) is 130 Å². The van der Waals surface area contributed by atoms with Crippen LogP contribution < -0.4 is 10.6 Å². The van der Waals surface area contributed by atoms with Crippen molar-refractivity contribution in [3.63, 3.8) is 0 Å². The Kier molecular flexibility index (Phi) is 14.8. The van der Waals surface area contributed by atoms with E-state index in [1.54, 1.807) is 0 Å². The summed E-state index contributed by atoms with van der Waals surface area (Å²) in [5.74, 6) is 0.209. The fraction of sp³-hybridized carbons (Fsp3) is 0.917. The molecule has 172 valence electrons. The maximum Gasteiger partial charge on any atom is 0.243 e. The van der Waals surface area contributed by atoms with Gasteiger partial charge in [-0.05, 0) is 32.6 Å². The van der Waals surface area contributed by atoms with Gasteiger partial charge in [-0.25, -0.2) is 0 Å². The SMILES string of the molecule is CCCCC(C)(CCCC)NC(=O)C(CS)NC(=O)C(C)(CCCC)CCCC. The van der Waals surface area contributed by atoms with E-state index in [0.29, 0.717) is 5.75 Å². The number of amides is 2. The fourth-order valence-corrected chi connectivity index (χ4v) is 4.04. The molecule has 2 amide bonds. The monoisotopic (exact) mass is 428 g/mol. The summed E-state index contributed by atoms with van der Waals surface area (Å²) in [6.45, 7) is 12.8. The van der Waals surface area contributed by atoms with Gasteiger partial charge in [0, 0.05) is 16.7 Å². The zero-order chi connectivity index (χ0) is 22.3. The molecular weight excluding hydrogens is 380 g/mol. The summed E-state index contributed by atoms with van der Waals surface area (Å²) in [6, 6.07) is -0.587. The standard InChI is InChI=1S/C24H48N2O2S/c1-7-11-15-23(5,16-12-8-2)22(28)25-20(19-29)21(27)26-24(6,17-13-9-3)18-14-10-4/h20,29H,7-19H2,1-6H3,(H,25,28)(H,26,27). The highest BCUT2D eigenvalue weighted by Crippen LogP contribution is 2.31. The Morgan fingerprint density at radius 1 is 0.793 bits per heavy atom. The Balaban J connectivity index is 5.18. The van der Waals surface area contributed by atoms with Crippen molar-refractivity contribution < 1.29 is 9.59 Å². The van der Waals surface area contributed by atoms with Crippen molar-refractivity contribution in [3.8, 4) is 0 Å². The summed E-state index contributed by atoms with van der Waals surface area (Å²) in [6.07, 6.45) is 12.2. The lowest BCUT2D eigenvalue weighted by molar-refractivity contribution is -0.135. The van der Waals surface area contributed by atoms with Crippen LogP contribution in [0.15, 0.2) is 0 Å². The normalized spacial score (nSPS) is 13.2. The largest absolute Gasteiger partial charge is 0.349 e. The van der Waals surface area contributed by atoms with E-state index >= 15 is 0 Å². The zero-order valence-corrected chi connectivity index (χ0v) is 20.9. The average molecular weight is 429 g/mol. The van der Waals surface area contributed by atoms with Gasteiger partial charge in [-0.3, -0.25) is 9.59 Å². The molecule has 0 aliphatic heterocycles. The van der Waals surface area contributed by atoms with E-state index in [0.717, 1.165) is 77.0 Å². The van der Waals surface area contributed by atoms with Crippen molar-refractivity contribution >= 4 is 24.4 Å². The first-order chi connectivity index (χ1) is 13.7. The maximum absolute atomic E-state index is 13.1. The van der Waals surface area contributed by atoms with Crippen LogP contribution in [0.2, 0.25) is 0 Å². The number of rotatable bonds is 17. The Morgan fingerprint density at radius 2 is 1.21 bits per heavy atom. The smallest absolute Gasteiger partial charge is 0.243 e. The van der Waals surface area contributed by atoms with E-state index in [9.17, 15) is 9.59 Å². The van der Waals surface area contributed by atoms with E-state index in [1.165, 1.54) is 0 Å². The molecule has 1 atom stereocenters.